The molecule has 0 saturated heterocycles. The molecule has 0 aliphatic carbocycles. The molecule has 4 N–H and O–H groups in total. The maximum atomic E-state index is 12.9. The van der Waals surface area contributed by atoms with Crippen molar-refractivity contribution in [3.8, 4) is 0 Å². The van der Waals surface area contributed by atoms with E-state index in [-0.39, 0.29) is 6.42 Å². The molecule has 0 bridgehead atoms. The number of alkyl carbamates (subject to hydrolysis) is 1. The second-order valence-corrected chi connectivity index (χ2v) is 7.54. The van der Waals surface area contributed by atoms with Gasteiger partial charge in [0.05, 0.1) is 0 Å². The van der Waals surface area contributed by atoms with Gasteiger partial charge in [0.1, 0.15) is 11.6 Å². The summed E-state index contributed by atoms with van der Waals surface area (Å²) in [6.45, 7) is 7.10. The highest BCUT2D eigenvalue weighted by Gasteiger charge is 2.25. The Kier molecular flexibility index (Phi) is 7.36. The van der Waals surface area contributed by atoms with Crippen LogP contribution in [0.3, 0.4) is 0 Å². The Bertz CT molecular complexity index is 935. The van der Waals surface area contributed by atoms with E-state index in [1.165, 1.54) is 6.08 Å². The van der Waals surface area contributed by atoms with E-state index in [9.17, 15) is 9.59 Å². The topological polar surface area (TPSA) is 107 Å². The van der Waals surface area contributed by atoms with Crippen molar-refractivity contribution in [1.82, 2.24) is 15.6 Å². The Labute approximate surface area is 170 Å². The van der Waals surface area contributed by atoms with E-state index >= 15 is 0 Å². The van der Waals surface area contributed by atoms with Gasteiger partial charge in [-0.25, -0.2) is 4.79 Å². The molecule has 1 heterocycles. The Balaban J connectivity index is 2.26. The summed E-state index contributed by atoms with van der Waals surface area (Å²) >= 11 is 0. The largest absolute Gasteiger partial charge is 0.444 e. The first-order chi connectivity index (χ1) is 13.7. The lowest BCUT2D eigenvalue weighted by Crippen LogP contribution is -2.49. The number of allylic oxidation sites excluding steroid dienone is 3. The molecule has 29 heavy (non-hydrogen) atoms. The molecule has 0 radical (unpaired) electrons. The van der Waals surface area contributed by atoms with E-state index in [2.05, 4.69) is 15.6 Å². The summed E-state index contributed by atoms with van der Waals surface area (Å²) < 4.78 is 5.32. The normalized spacial score (nSPS) is 13.3. The minimum Gasteiger partial charge on any atom is -0.444 e. The van der Waals surface area contributed by atoms with Crippen LogP contribution < -0.4 is 10.6 Å². The van der Waals surface area contributed by atoms with Crippen LogP contribution >= 0.6 is 0 Å². The number of ether oxygens (including phenoxy) is 1. The molecule has 0 saturated carbocycles. The number of hydrogen-bond acceptors (Lipinski definition) is 4. The standard InChI is InChI=1S/C22H28N4O3/c1-5-8-16(11-12-23)25-20(27)19(26-21(28)29-22(2,3)4)13-15-14-24-18-10-7-6-9-17(15)18/h5-12,14,19,23-24H,13H2,1-4H3,(H,25,27)(H,26,28)/b8-5-,16-11+,23-12?/t19-/m0/s1. The molecule has 2 rings (SSSR count). The molecule has 0 aliphatic heterocycles. The molecule has 0 aliphatic rings. The molecule has 2 amide bonds. The van der Waals surface area contributed by atoms with Crippen LogP contribution in [0.15, 0.2) is 54.4 Å². The number of aromatic amines is 1. The van der Waals surface area contributed by atoms with Crippen molar-refractivity contribution in [2.24, 2.45) is 0 Å². The Morgan fingerprint density at radius 3 is 2.66 bits per heavy atom. The average molecular weight is 396 g/mol. The molecule has 0 fully saturated rings. The molecule has 0 unspecified atom stereocenters. The first-order valence-electron chi connectivity index (χ1n) is 9.42. The number of para-hydroxylation sites is 1. The highest BCUT2D eigenvalue weighted by Crippen LogP contribution is 2.19. The summed E-state index contributed by atoms with van der Waals surface area (Å²) in [7, 11) is 0. The van der Waals surface area contributed by atoms with E-state index < -0.39 is 23.6 Å². The van der Waals surface area contributed by atoms with Gasteiger partial charge in [-0.2, -0.15) is 0 Å². The van der Waals surface area contributed by atoms with Gasteiger partial charge >= 0.3 is 6.09 Å². The number of aromatic nitrogens is 1. The first kappa shape index (κ1) is 21.9. The zero-order valence-corrected chi connectivity index (χ0v) is 17.2. The zero-order valence-electron chi connectivity index (χ0n) is 17.2. The van der Waals surface area contributed by atoms with Gasteiger partial charge < -0.3 is 25.8 Å². The summed E-state index contributed by atoms with van der Waals surface area (Å²) in [6, 6.07) is 6.91. The molecular formula is C22H28N4O3. The van der Waals surface area contributed by atoms with E-state index in [0.717, 1.165) is 22.7 Å². The number of hydrogen-bond donors (Lipinski definition) is 4. The van der Waals surface area contributed by atoms with Crippen LogP contribution in [-0.2, 0) is 16.0 Å². The average Bonchev–Trinajstić information content (AvgIpc) is 3.03. The molecule has 7 nitrogen and oxygen atoms in total. The van der Waals surface area contributed by atoms with Crippen LogP contribution in [0.4, 0.5) is 4.79 Å². The van der Waals surface area contributed by atoms with Gasteiger partial charge in [0.2, 0.25) is 5.91 Å². The van der Waals surface area contributed by atoms with Crippen LogP contribution in [-0.4, -0.2) is 34.8 Å². The van der Waals surface area contributed by atoms with Crippen molar-refractivity contribution in [2.45, 2.75) is 45.8 Å². The highest BCUT2D eigenvalue weighted by molar-refractivity contribution is 5.90. The van der Waals surface area contributed by atoms with Crippen LogP contribution in [0.25, 0.3) is 10.9 Å². The third-order valence-electron chi connectivity index (χ3n) is 3.98. The van der Waals surface area contributed by atoms with Crippen LogP contribution in [0.5, 0.6) is 0 Å². The molecule has 1 aromatic heterocycles. The lowest BCUT2D eigenvalue weighted by Gasteiger charge is -2.23. The second-order valence-electron chi connectivity index (χ2n) is 7.54. The van der Waals surface area contributed by atoms with Crippen molar-refractivity contribution >= 4 is 29.1 Å². The lowest BCUT2D eigenvalue weighted by molar-refractivity contribution is -0.122. The summed E-state index contributed by atoms with van der Waals surface area (Å²) in [4.78, 5) is 28.4. The predicted octanol–water partition coefficient (Wildman–Crippen LogP) is 3.83. The van der Waals surface area contributed by atoms with Crippen LogP contribution in [0.2, 0.25) is 0 Å². The minimum atomic E-state index is -0.858. The van der Waals surface area contributed by atoms with Gasteiger partial charge in [-0.15, -0.1) is 0 Å². The summed E-state index contributed by atoms with van der Waals surface area (Å²) in [6.07, 6.45) is 7.44. The lowest BCUT2D eigenvalue weighted by atomic mass is 10.0. The summed E-state index contributed by atoms with van der Waals surface area (Å²) in [5.74, 6) is -0.396. The fourth-order valence-electron chi connectivity index (χ4n) is 2.82. The van der Waals surface area contributed by atoms with Gasteiger partial charge in [-0.05, 0) is 51.5 Å². The van der Waals surface area contributed by atoms with Crippen molar-refractivity contribution in [3.63, 3.8) is 0 Å². The van der Waals surface area contributed by atoms with E-state index in [4.69, 9.17) is 10.1 Å². The fraction of sp³-hybridized carbons (Fsp3) is 0.318. The van der Waals surface area contributed by atoms with Crippen molar-refractivity contribution in [2.75, 3.05) is 0 Å². The number of carbonyl (C=O) groups excluding carboxylic acids is 2. The van der Waals surface area contributed by atoms with Crippen molar-refractivity contribution < 1.29 is 14.3 Å². The Hall–Kier alpha value is -3.35. The number of benzene rings is 1. The fourth-order valence-corrected chi connectivity index (χ4v) is 2.82. The van der Waals surface area contributed by atoms with E-state index in [1.807, 2.05) is 37.4 Å². The molecule has 1 aromatic carbocycles. The third-order valence-corrected chi connectivity index (χ3v) is 3.98. The highest BCUT2D eigenvalue weighted by atomic mass is 16.6. The number of amides is 2. The number of carbonyl (C=O) groups is 2. The van der Waals surface area contributed by atoms with Gasteiger partial charge in [0, 0.05) is 35.4 Å². The van der Waals surface area contributed by atoms with Gasteiger partial charge in [0.15, 0.2) is 0 Å². The molecule has 7 heteroatoms. The molecule has 0 spiro atoms. The smallest absolute Gasteiger partial charge is 0.408 e. The van der Waals surface area contributed by atoms with Crippen molar-refractivity contribution in [1.29, 1.82) is 5.41 Å². The maximum Gasteiger partial charge on any atom is 0.408 e. The number of fused-ring (bicyclic) bond motifs is 1. The minimum absolute atomic E-state index is 0.281. The summed E-state index contributed by atoms with van der Waals surface area (Å²) in [5.41, 5.74) is 1.64. The Morgan fingerprint density at radius 1 is 1.28 bits per heavy atom. The zero-order chi connectivity index (χ0) is 21.4. The van der Waals surface area contributed by atoms with E-state index in [1.54, 1.807) is 32.9 Å². The molecule has 154 valence electrons. The third kappa shape index (κ3) is 6.64. The predicted molar refractivity (Wildman–Crippen MR) is 115 cm³/mol. The number of rotatable bonds is 7. The first-order valence-corrected chi connectivity index (χ1v) is 9.42. The Morgan fingerprint density at radius 2 is 2.00 bits per heavy atom. The molecule has 2 aromatic rings. The van der Waals surface area contributed by atoms with Gasteiger partial charge in [0.25, 0.3) is 0 Å². The summed E-state index contributed by atoms with van der Waals surface area (Å²) in [5, 5.41) is 13.7. The van der Waals surface area contributed by atoms with Gasteiger partial charge in [-0.1, -0.05) is 24.3 Å². The van der Waals surface area contributed by atoms with Gasteiger partial charge in [-0.3, -0.25) is 4.79 Å². The molecule has 1 atom stereocenters. The van der Waals surface area contributed by atoms with Crippen molar-refractivity contribution in [3.05, 3.63) is 60.0 Å². The number of H-pyrrole nitrogens is 1. The van der Waals surface area contributed by atoms with E-state index in [0.29, 0.717) is 5.70 Å². The quantitative estimate of drug-likeness (QED) is 0.422. The SMILES string of the molecule is C/C=C\C(=C/C=N)NC(=O)[C@H](Cc1c[nH]c2ccccc12)NC(=O)OC(C)(C)C. The second kappa shape index (κ2) is 9.73. The number of nitrogens with one attached hydrogen (secondary N) is 4. The molecular weight excluding hydrogens is 368 g/mol. The van der Waals surface area contributed by atoms with Crippen LogP contribution in [0, 0.1) is 5.41 Å². The maximum absolute atomic E-state index is 12.9. The monoisotopic (exact) mass is 396 g/mol. The van der Waals surface area contributed by atoms with Crippen LogP contribution in [0.1, 0.15) is 33.3 Å².